The number of benzene rings is 2. The van der Waals surface area contributed by atoms with Crippen molar-refractivity contribution < 1.29 is 22.3 Å². The summed E-state index contributed by atoms with van der Waals surface area (Å²) in [5.74, 6) is -0.721. The van der Waals surface area contributed by atoms with Crippen molar-refractivity contribution in [2.24, 2.45) is 0 Å². The van der Waals surface area contributed by atoms with Crippen molar-refractivity contribution in [3.8, 4) is 0 Å². The van der Waals surface area contributed by atoms with Crippen LogP contribution in [0.1, 0.15) is 30.2 Å². The molecule has 0 atom stereocenters. The van der Waals surface area contributed by atoms with Crippen LogP contribution in [0.2, 0.25) is 0 Å². The van der Waals surface area contributed by atoms with Crippen LogP contribution in [0.4, 0.5) is 4.39 Å². The summed E-state index contributed by atoms with van der Waals surface area (Å²) in [6.07, 6.45) is 0.793. The number of fused-ring (bicyclic) bond motifs is 3. The Kier molecular flexibility index (Phi) is 5.85. The van der Waals surface area contributed by atoms with E-state index in [0.717, 1.165) is 39.9 Å². The maximum Gasteiger partial charge on any atom is 0.307 e. The van der Waals surface area contributed by atoms with Gasteiger partial charge in [0.1, 0.15) is 5.82 Å². The van der Waals surface area contributed by atoms with E-state index >= 15 is 0 Å². The lowest BCUT2D eigenvalue weighted by molar-refractivity contribution is -0.143. The molecule has 0 fully saturated rings. The zero-order chi connectivity index (χ0) is 22.2. The molecule has 164 valence electrons. The SMILES string of the molecule is CCOC(=O)CCn1c2c(c3cc(C)ccc31)CN(S(=O)(=O)c1ccc(F)cc1)CC2. The van der Waals surface area contributed by atoms with E-state index in [4.69, 9.17) is 4.74 Å². The minimum Gasteiger partial charge on any atom is -0.466 e. The average molecular weight is 445 g/mol. The fourth-order valence-corrected chi connectivity index (χ4v) is 5.60. The highest BCUT2D eigenvalue weighted by atomic mass is 32.2. The molecule has 6 nitrogen and oxygen atoms in total. The van der Waals surface area contributed by atoms with E-state index in [1.54, 1.807) is 6.92 Å². The van der Waals surface area contributed by atoms with E-state index in [0.29, 0.717) is 26.1 Å². The monoisotopic (exact) mass is 444 g/mol. The van der Waals surface area contributed by atoms with Crippen molar-refractivity contribution in [1.29, 1.82) is 0 Å². The molecule has 0 N–H and O–H groups in total. The second-order valence-electron chi connectivity index (χ2n) is 7.70. The Labute approximate surface area is 181 Å². The van der Waals surface area contributed by atoms with Gasteiger partial charge in [-0.25, -0.2) is 12.8 Å². The summed E-state index contributed by atoms with van der Waals surface area (Å²) in [4.78, 5) is 12.0. The van der Waals surface area contributed by atoms with Crippen LogP contribution in [0, 0.1) is 12.7 Å². The molecule has 2 aromatic carbocycles. The molecule has 1 aromatic heterocycles. The van der Waals surface area contributed by atoms with Gasteiger partial charge in [-0.05, 0) is 55.8 Å². The lowest BCUT2D eigenvalue weighted by Crippen LogP contribution is -2.36. The third-order valence-corrected chi connectivity index (χ3v) is 7.53. The largest absolute Gasteiger partial charge is 0.466 e. The Morgan fingerprint density at radius 2 is 1.90 bits per heavy atom. The molecular weight excluding hydrogens is 419 g/mol. The maximum atomic E-state index is 13.3. The van der Waals surface area contributed by atoms with Crippen molar-refractivity contribution in [3.05, 3.63) is 65.1 Å². The van der Waals surface area contributed by atoms with Crippen LogP contribution in [-0.2, 0) is 39.1 Å². The van der Waals surface area contributed by atoms with E-state index in [2.05, 4.69) is 10.6 Å². The Balaban J connectivity index is 1.71. The molecule has 0 unspecified atom stereocenters. The van der Waals surface area contributed by atoms with Gasteiger partial charge in [0.05, 0.1) is 17.9 Å². The molecule has 0 bridgehead atoms. The third-order valence-electron chi connectivity index (χ3n) is 5.67. The molecule has 8 heteroatoms. The van der Waals surface area contributed by atoms with E-state index in [-0.39, 0.29) is 23.8 Å². The second-order valence-corrected chi connectivity index (χ2v) is 9.63. The summed E-state index contributed by atoms with van der Waals surface area (Å²) < 4.78 is 48.2. The van der Waals surface area contributed by atoms with Gasteiger partial charge >= 0.3 is 5.97 Å². The van der Waals surface area contributed by atoms with Crippen LogP contribution in [0.5, 0.6) is 0 Å². The zero-order valence-corrected chi connectivity index (χ0v) is 18.4. The van der Waals surface area contributed by atoms with Gasteiger partial charge in [0.15, 0.2) is 0 Å². The molecule has 0 saturated heterocycles. The first-order valence-corrected chi connectivity index (χ1v) is 11.8. The maximum absolute atomic E-state index is 13.3. The van der Waals surface area contributed by atoms with Gasteiger partial charge in [0, 0.05) is 42.7 Å². The fraction of sp³-hybridized carbons (Fsp3) is 0.348. The van der Waals surface area contributed by atoms with Crippen LogP contribution >= 0.6 is 0 Å². The van der Waals surface area contributed by atoms with Crippen molar-refractivity contribution in [2.75, 3.05) is 13.2 Å². The summed E-state index contributed by atoms with van der Waals surface area (Å²) in [6, 6.07) is 11.0. The number of ether oxygens (including phenoxy) is 1. The predicted molar refractivity (Wildman–Crippen MR) is 116 cm³/mol. The van der Waals surface area contributed by atoms with Crippen LogP contribution in [0.25, 0.3) is 10.9 Å². The van der Waals surface area contributed by atoms with Crippen LogP contribution in [0.3, 0.4) is 0 Å². The highest BCUT2D eigenvalue weighted by Crippen LogP contribution is 2.34. The normalized spacial score (nSPS) is 14.5. The van der Waals surface area contributed by atoms with Crippen molar-refractivity contribution in [3.63, 3.8) is 0 Å². The molecule has 0 saturated carbocycles. The number of aryl methyl sites for hydroxylation is 2. The molecule has 0 aliphatic carbocycles. The number of carbonyl (C=O) groups is 1. The number of nitrogens with zero attached hydrogens (tertiary/aromatic N) is 2. The minimum atomic E-state index is -3.74. The average Bonchev–Trinajstić information content (AvgIpc) is 3.05. The zero-order valence-electron chi connectivity index (χ0n) is 17.6. The van der Waals surface area contributed by atoms with E-state index in [1.165, 1.54) is 16.4 Å². The highest BCUT2D eigenvalue weighted by Gasteiger charge is 2.31. The van der Waals surface area contributed by atoms with E-state index in [1.807, 2.05) is 19.1 Å². The molecule has 3 aromatic rings. The molecule has 4 rings (SSSR count). The van der Waals surface area contributed by atoms with Crippen LogP contribution in [0.15, 0.2) is 47.4 Å². The standard InChI is InChI=1S/C23H25FN2O4S/c1-3-30-23(27)11-13-26-21-9-4-16(2)14-19(21)20-15-25(12-10-22(20)26)31(28,29)18-7-5-17(24)6-8-18/h4-9,14H,3,10-13,15H2,1-2H3. The van der Waals surface area contributed by atoms with Gasteiger partial charge < -0.3 is 9.30 Å². The highest BCUT2D eigenvalue weighted by molar-refractivity contribution is 7.89. The fourth-order valence-electron chi connectivity index (χ4n) is 4.19. The number of aromatic nitrogens is 1. The lowest BCUT2D eigenvalue weighted by Gasteiger charge is -2.27. The predicted octanol–water partition coefficient (Wildman–Crippen LogP) is 3.79. The quantitative estimate of drug-likeness (QED) is 0.543. The van der Waals surface area contributed by atoms with Crippen LogP contribution in [-0.4, -0.2) is 36.4 Å². The number of halogens is 1. The minimum absolute atomic E-state index is 0.0829. The van der Waals surface area contributed by atoms with Crippen molar-refractivity contribution in [1.82, 2.24) is 8.87 Å². The van der Waals surface area contributed by atoms with Gasteiger partial charge in [-0.1, -0.05) is 11.6 Å². The first-order chi connectivity index (χ1) is 14.8. The molecule has 1 aliphatic heterocycles. The summed E-state index contributed by atoms with van der Waals surface area (Å²) in [5.41, 5.74) is 4.08. The topological polar surface area (TPSA) is 68.6 Å². The smallest absolute Gasteiger partial charge is 0.307 e. The number of esters is 1. The summed E-state index contributed by atoms with van der Waals surface area (Å²) in [5, 5.41) is 0.998. The number of hydrogen-bond donors (Lipinski definition) is 0. The van der Waals surface area contributed by atoms with E-state index < -0.39 is 15.8 Å². The molecule has 0 spiro atoms. The summed E-state index contributed by atoms with van der Waals surface area (Å²) in [6.45, 7) is 5.17. The van der Waals surface area contributed by atoms with Gasteiger partial charge in [0.2, 0.25) is 10.0 Å². The number of carbonyl (C=O) groups excluding carboxylic acids is 1. The van der Waals surface area contributed by atoms with E-state index in [9.17, 15) is 17.6 Å². The van der Waals surface area contributed by atoms with Gasteiger partial charge in [-0.2, -0.15) is 4.31 Å². The molecule has 2 heterocycles. The molecular formula is C23H25FN2O4S. The lowest BCUT2D eigenvalue weighted by atomic mass is 10.0. The van der Waals surface area contributed by atoms with Gasteiger partial charge in [-0.3, -0.25) is 4.79 Å². The third kappa shape index (κ3) is 4.09. The molecule has 1 aliphatic rings. The first-order valence-electron chi connectivity index (χ1n) is 10.3. The van der Waals surface area contributed by atoms with Crippen molar-refractivity contribution >= 4 is 26.9 Å². The number of sulfonamides is 1. The molecule has 0 radical (unpaired) electrons. The first kappa shape index (κ1) is 21.5. The molecule has 0 amide bonds. The Hall–Kier alpha value is -2.71. The summed E-state index contributed by atoms with van der Waals surface area (Å²) >= 11 is 0. The second kappa shape index (κ2) is 8.43. The Morgan fingerprint density at radius 1 is 1.16 bits per heavy atom. The summed E-state index contributed by atoms with van der Waals surface area (Å²) in [7, 11) is -3.74. The van der Waals surface area contributed by atoms with Gasteiger partial charge in [-0.15, -0.1) is 0 Å². The Bertz CT molecular complexity index is 1230. The number of hydrogen-bond acceptors (Lipinski definition) is 4. The van der Waals surface area contributed by atoms with Crippen molar-refractivity contribution in [2.45, 2.75) is 44.7 Å². The van der Waals surface area contributed by atoms with Gasteiger partial charge in [0.25, 0.3) is 0 Å². The Morgan fingerprint density at radius 3 is 2.61 bits per heavy atom. The van der Waals surface area contributed by atoms with Crippen LogP contribution < -0.4 is 0 Å². The number of rotatable bonds is 6. The molecule has 31 heavy (non-hydrogen) atoms.